The molecular formula is C17H21N3O4. The second kappa shape index (κ2) is 8.20. The summed E-state index contributed by atoms with van der Waals surface area (Å²) in [6, 6.07) is 6.93. The molecule has 0 aliphatic carbocycles. The van der Waals surface area contributed by atoms with Gasteiger partial charge in [0.2, 0.25) is 5.91 Å². The van der Waals surface area contributed by atoms with Gasteiger partial charge in [-0.05, 0) is 38.0 Å². The van der Waals surface area contributed by atoms with Gasteiger partial charge in [0.25, 0.3) is 0 Å². The highest BCUT2D eigenvalue weighted by molar-refractivity contribution is 5.94. The summed E-state index contributed by atoms with van der Waals surface area (Å²) in [5.41, 5.74) is 0.907. The number of carbonyl (C=O) groups excluding carboxylic acids is 2. The summed E-state index contributed by atoms with van der Waals surface area (Å²) in [5.74, 6) is 0.00296. The molecule has 1 atom stereocenters. The second-order valence-corrected chi connectivity index (χ2v) is 5.50. The first-order valence-corrected chi connectivity index (χ1v) is 7.89. The Labute approximate surface area is 141 Å². The fraction of sp³-hybridized carbons (Fsp3) is 0.471. The van der Waals surface area contributed by atoms with Crippen LogP contribution in [-0.4, -0.2) is 43.7 Å². The largest absolute Gasteiger partial charge is 0.492 e. The molecule has 1 aromatic carbocycles. The van der Waals surface area contributed by atoms with E-state index < -0.39 is 6.09 Å². The molecule has 2 rings (SSSR count). The molecule has 24 heavy (non-hydrogen) atoms. The summed E-state index contributed by atoms with van der Waals surface area (Å²) in [4.78, 5) is 25.7. The van der Waals surface area contributed by atoms with E-state index >= 15 is 0 Å². The van der Waals surface area contributed by atoms with E-state index in [2.05, 4.69) is 5.32 Å². The van der Waals surface area contributed by atoms with Gasteiger partial charge < -0.3 is 19.7 Å². The zero-order valence-electron chi connectivity index (χ0n) is 13.9. The second-order valence-electron chi connectivity index (χ2n) is 5.50. The van der Waals surface area contributed by atoms with Crippen molar-refractivity contribution in [1.82, 2.24) is 4.90 Å². The van der Waals surface area contributed by atoms with Crippen molar-refractivity contribution in [2.75, 3.05) is 32.1 Å². The number of carbonyl (C=O) groups is 2. The lowest BCUT2D eigenvalue weighted by molar-refractivity contribution is -0.121. The first-order valence-electron chi connectivity index (χ1n) is 7.89. The smallest absolute Gasteiger partial charge is 0.409 e. The number of methoxy groups -OCH3 is 1. The lowest BCUT2D eigenvalue weighted by Crippen LogP contribution is -2.43. The quantitative estimate of drug-likeness (QED) is 0.914. The molecule has 7 nitrogen and oxygen atoms in total. The normalized spacial score (nSPS) is 16.9. The Kier molecular flexibility index (Phi) is 6.01. The minimum atomic E-state index is -0.422. The third-order valence-electron chi connectivity index (χ3n) is 3.89. The van der Waals surface area contributed by atoms with E-state index in [0.717, 1.165) is 6.42 Å². The molecular weight excluding hydrogens is 310 g/mol. The van der Waals surface area contributed by atoms with Crippen LogP contribution in [0.3, 0.4) is 0 Å². The monoisotopic (exact) mass is 331 g/mol. The van der Waals surface area contributed by atoms with Crippen LogP contribution in [-0.2, 0) is 9.53 Å². The number of nitriles is 1. The van der Waals surface area contributed by atoms with Gasteiger partial charge in [0.05, 0.1) is 37.0 Å². The number of amides is 2. The van der Waals surface area contributed by atoms with Gasteiger partial charge in [-0.15, -0.1) is 0 Å². The predicted molar refractivity (Wildman–Crippen MR) is 87.7 cm³/mol. The van der Waals surface area contributed by atoms with Crippen molar-refractivity contribution in [3.05, 3.63) is 23.8 Å². The maximum Gasteiger partial charge on any atom is 0.409 e. The number of hydrogen-bond acceptors (Lipinski definition) is 5. The molecule has 128 valence electrons. The van der Waals surface area contributed by atoms with Gasteiger partial charge in [0.15, 0.2) is 0 Å². The molecule has 1 aliphatic heterocycles. The molecule has 0 aromatic heterocycles. The maximum atomic E-state index is 12.6. The average Bonchev–Trinajstić information content (AvgIpc) is 2.62. The summed E-state index contributed by atoms with van der Waals surface area (Å²) in [6.07, 6.45) is 1.01. The lowest BCUT2D eigenvalue weighted by atomic mass is 9.97. The molecule has 1 fully saturated rings. The van der Waals surface area contributed by atoms with E-state index in [9.17, 15) is 9.59 Å². The highest BCUT2D eigenvalue weighted by Gasteiger charge is 2.29. The molecule has 0 saturated carbocycles. The SMILES string of the molecule is CCOc1ccc(C#N)cc1NC(=O)[C@H]1CCCN(C(=O)OC)C1. The number of rotatable bonds is 4. The first kappa shape index (κ1) is 17.6. The van der Waals surface area contributed by atoms with E-state index in [1.807, 2.05) is 13.0 Å². The minimum Gasteiger partial charge on any atom is -0.492 e. The molecule has 1 aromatic rings. The molecule has 1 heterocycles. The summed E-state index contributed by atoms with van der Waals surface area (Å²) < 4.78 is 10.2. The Bertz CT molecular complexity index is 654. The van der Waals surface area contributed by atoms with E-state index in [0.29, 0.717) is 43.1 Å². The van der Waals surface area contributed by atoms with Crippen LogP contribution < -0.4 is 10.1 Å². The summed E-state index contributed by atoms with van der Waals surface area (Å²) in [7, 11) is 1.33. The van der Waals surface area contributed by atoms with Crippen molar-refractivity contribution in [3.8, 4) is 11.8 Å². The number of piperidine rings is 1. The molecule has 7 heteroatoms. The van der Waals surface area contributed by atoms with Gasteiger partial charge in [0, 0.05) is 13.1 Å². The third-order valence-corrected chi connectivity index (χ3v) is 3.89. The number of nitrogens with one attached hydrogen (secondary N) is 1. The number of ether oxygens (including phenoxy) is 2. The van der Waals surface area contributed by atoms with Gasteiger partial charge in [0.1, 0.15) is 5.75 Å². The van der Waals surface area contributed by atoms with E-state index in [-0.39, 0.29) is 11.8 Å². The van der Waals surface area contributed by atoms with E-state index in [4.69, 9.17) is 14.7 Å². The van der Waals surface area contributed by atoms with Crippen LogP contribution in [0.15, 0.2) is 18.2 Å². The topological polar surface area (TPSA) is 91.7 Å². The lowest BCUT2D eigenvalue weighted by Gasteiger charge is -2.31. The van der Waals surface area contributed by atoms with Gasteiger partial charge in [-0.1, -0.05) is 0 Å². The Balaban J connectivity index is 2.11. The highest BCUT2D eigenvalue weighted by atomic mass is 16.5. The van der Waals surface area contributed by atoms with Crippen molar-refractivity contribution < 1.29 is 19.1 Å². The zero-order chi connectivity index (χ0) is 17.5. The van der Waals surface area contributed by atoms with Crippen molar-refractivity contribution in [2.45, 2.75) is 19.8 Å². The summed E-state index contributed by atoms with van der Waals surface area (Å²) >= 11 is 0. The molecule has 1 aliphatic rings. The van der Waals surface area contributed by atoms with Crippen LogP contribution in [0.5, 0.6) is 5.75 Å². The van der Waals surface area contributed by atoms with Gasteiger partial charge in [-0.3, -0.25) is 4.79 Å². The van der Waals surface area contributed by atoms with Gasteiger partial charge in [-0.25, -0.2) is 4.79 Å². The molecule has 1 saturated heterocycles. The number of nitrogens with zero attached hydrogens (tertiary/aromatic N) is 2. The summed E-state index contributed by atoms with van der Waals surface area (Å²) in [5, 5.41) is 11.9. The Morgan fingerprint density at radius 3 is 2.92 bits per heavy atom. The van der Waals surface area contributed by atoms with Crippen LogP contribution in [0.4, 0.5) is 10.5 Å². The average molecular weight is 331 g/mol. The number of likely N-dealkylation sites (tertiary alicyclic amines) is 1. The number of hydrogen-bond donors (Lipinski definition) is 1. The fourth-order valence-electron chi connectivity index (χ4n) is 2.70. The van der Waals surface area contributed by atoms with Crippen LogP contribution >= 0.6 is 0 Å². The molecule has 0 unspecified atom stereocenters. The van der Waals surface area contributed by atoms with Crippen LogP contribution in [0.25, 0.3) is 0 Å². The minimum absolute atomic E-state index is 0.195. The summed E-state index contributed by atoms with van der Waals surface area (Å²) in [6.45, 7) is 3.21. The molecule has 0 spiro atoms. The Morgan fingerprint density at radius 2 is 2.25 bits per heavy atom. The van der Waals surface area contributed by atoms with Gasteiger partial charge >= 0.3 is 6.09 Å². The maximum absolute atomic E-state index is 12.6. The third kappa shape index (κ3) is 4.16. The number of anilines is 1. The van der Waals surface area contributed by atoms with Crippen LogP contribution in [0.2, 0.25) is 0 Å². The fourth-order valence-corrected chi connectivity index (χ4v) is 2.70. The first-order chi connectivity index (χ1) is 11.6. The van der Waals surface area contributed by atoms with E-state index in [1.54, 1.807) is 18.2 Å². The van der Waals surface area contributed by atoms with Crippen LogP contribution in [0, 0.1) is 17.2 Å². The highest BCUT2D eigenvalue weighted by Crippen LogP contribution is 2.27. The van der Waals surface area contributed by atoms with E-state index in [1.165, 1.54) is 12.0 Å². The molecule has 2 amide bonds. The van der Waals surface area contributed by atoms with Crippen LogP contribution in [0.1, 0.15) is 25.3 Å². The van der Waals surface area contributed by atoms with Crippen molar-refractivity contribution in [2.24, 2.45) is 5.92 Å². The molecule has 0 radical (unpaired) electrons. The molecule has 1 N–H and O–H groups in total. The standard InChI is InChI=1S/C17H21N3O4/c1-3-24-15-7-6-12(10-18)9-14(15)19-16(21)13-5-4-8-20(11-13)17(22)23-2/h6-7,9,13H,3-5,8,11H2,1-2H3,(H,19,21)/t13-/m0/s1. The van der Waals surface area contributed by atoms with Crippen molar-refractivity contribution in [1.29, 1.82) is 5.26 Å². The van der Waals surface area contributed by atoms with Gasteiger partial charge in [-0.2, -0.15) is 5.26 Å². The van der Waals surface area contributed by atoms with Crippen molar-refractivity contribution >= 4 is 17.7 Å². The Hall–Kier alpha value is -2.75. The predicted octanol–water partition coefficient (Wildman–Crippen LogP) is 2.37. The Morgan fingerprint density at radius 1 is 1.46 bits per heavy atom. The van der Waals surface area contributed by atoms with Crippen molar-refractivity contribution in [3.63, 3.8) is 0 Å². The molecule has 0 bridgehead atoms. The zero-order valence-corrected chi connectivity index (χ0v) is 13.9. The number of benzene rings is 1.